The number of carboxylic acids is 1. The minimum absolute atomic E-state index is 0.0329. The van der Waals surface area contributed by atoms with Crippen LogP contribution in [0.3, 0.4) is 0 Å². The maximum absolute atomic E-state index is 11.8. The van der Waals surface area contributed by atoms with Crippen molar-refractivity contribution < 1.29 is 14.7 Å². The zero-order valence-corrected chi connectivity index (χ0v) is 11.6. The van der Waals surface area contributed by atoms with Crippen molar-refractivity contribution in [3.63, 3.8) is 0 Å². The Morgan fingerprint density at radius 2 is 2.00 bits per heavy atom. The Balaban J connectivity index is 2.19. The van der Waals surface area contributed by atoms with Crippen LogP contribution < -0.4 is 5.32 Å². The smallest absolute Gasteiger partial charge is 0.303 e. The van der Waals surface area contributed by atoms with Crippen LogP contribution in [0, 0.1) is 13.8 Å². The molecule has 0 unspecified atom stereocenters. The molecule has 1 rings (SSSR count). The molecule has 0 saturated carbocycles. The van der Waals surface area contributed by atoms with Crippen LogP contribution in [-0.4, -0.2) is 23.5 Å². The van der Waals surface area contributed by atoms with Gasteiger partial charge in [0.2, 0.25) is 0 Å². The Kier molecular flexibility index (Phi) is 5.85. The molecule has 0 aliphatic rings. The molecule has 1 amide bonds. The lowest BCUT2D eigenvalue weighted by Gasteiger charge is -2.02. The molecule has 2 N–H and O–H groups in total. The Hall–Kier alpha value is -1.36. The molecule has 4 nitrogen and oxygen atoms in total. The fourth-order valence-corrected chi connectivity index (χ4v) is 2.50. The van der Waals surface area contributed by atoms with E-state index in [1.807, 2.05) is 19.9 Å². The molecule has 0 fully saturated rings. The average Bonchev–Trinajstić information content (AvgIpc) is 2.63. The van der Waals surface area contributed by atoms with E-state index in [9.17, 15) is 9.59 Å². The van der Waals surface area contributed by atoms with Gasteiger partial charge in [0, 0.05) is 17.8 Å². The van der Waals surface area contributed by atoms with Gasteiger partial charge in [0.05, 0.1) is 4.88 Å². The first-order valence-electron chi connectivity index (χ1n) is 6.07. The first-order chi connectivity index (χ1) is 8.50. The normalized spacial score (nSPS) is 10.3. The molecule has 0 aromatic carbocycles. The number of carbonyl (C=O) groups excluding carboxylic acids is 1. The van der Waals surface area contributed by atoms with Crippen molar-refractivity contribution >= 4 is 23.2 Å². The maximum atomic E-state index is 11.8. The third kappa shape index (κ3) is 4.87. The number of hydrogen-bond donors (Lipinski definition) is 2. The van der Waals surface area contributed by atoms with Gasteiger partial charge in [0.1, 0.15) is 0 Å². The van der Waals surface area contributed by atoms with Crippen LogP contribution in [0.2, 0.25) is 0 Å². The number of thiophene rings is 1. The highest BCUT2D eigenvalue weighted by Gasteiger charge is 2.09. The summed E-state index contributed by atoms with van der Waals surface area (Å²) in [7, 11) is 0. The van der Waals surface area contributed by atoms with Gasteiger partial charge in [-0.05, 0) is 38.3 Å². The standard InChI is InChI=1S/C13H19NO3S/c1-9-8-11(18-10(9)2)13(17)14-7-5-3-4-6-12(15)16/h8H,3-7H2,1-2H3,(H,14,17)(H,15,16). The lowest BCUT2D eigenvalue weighted by Crippen LogP contribution is -2.23. The highest BCUT2D eigenvalue weighted by atomic mass is 32.1. The number of carbonyl (C=O) groups is 2. The third-order valence-electron chi connectivity index (χ3n) is 2.74. The zero-order chi connectivity index (χ0) is 13.5. The van der Waals surface area contributed by atoms with E-state index >= 15 is 0 Å². The number of aryl methyl sites for hydroxylation is 2. The van der Waals surface area contributed by atoms with Gasteiger partial charge in [0.15, 0.2) is 0 Å². The Labute approximate surface area is 111 Å². The summed E-state index contributed by atoms with van der Waals surface area (Å²) >= 11 is 1.50. The molecule has 0 aliphatic heterocycles. The lowest BCUT2D eigenvalue weighted by atomic mass is 10.2. The SMILES string of the molecule is Cc1cc(C(=O)NCCCCCC(=O)O)sc1C. The van der Waals surface area contributed by atoms with Crippen molar-refractivity contribution in [1.82, 2.24) is 5.32 Å². The van der Waals surface area contributed by atoms with Gasteiger partial charge in [-0.25, -0.2) is 0 Å². The van der Waals surface area contributed by atoms with Crippen LogP contribution in [0.5, 0.6) is 0 Å². The van der Waals surface area contributed by atoms with Gasteiger partial charge in [-0.2, -0.15) is 0 Å². The zero-order valence-electron chi connectivity index (χ0n) is 10.8. The second-order valence-electron chi connectivity index (χ2n) is 4.31. The quantitative estimate of drug-likeness (QED) is 0.748. The molecule has 0 bridgehead atoms. The van der Waals surface area contributed by atoms with Gasteiger partial charge in [-0.3, -0.25) is 9.59 Å². The summed E-state index contributed by atoms with van der Waals surface area (Å²) in [6.45, 7) is 4.60. The van der Waals surface area contributed by atoms with E-state index in [4.69, 9.17) is 5.11 Å². The largest absolute Gasteiger partial charge is 0.481 e. The van der Waals surface area contributed by atoms with Gasteiger partial charge in [-0.15, -0.1) is 11.3 Å². The molecule has 0 atom stereocenters. The van der Waals surface area contributed by atoms with E-state index in [0.717, 1.165) is 23.3 Å². The summed E-state index contributed by atoms with van der Waals surface area (Å²) < 4.78 is 0. The van der Waals surface area contributed by atoms with E-state index in [0.29, 0.717) is 13.0 Å². The second-order valence-corrected chi connectivity index (χ2v) is 5.57. The van der Waals surface area contributed by atoms with Gasteiger partial charge < -0.3 is 10.4 Å². The van der Waals surface area contributed by atoms with Crippen molar-refractivity contribution in [1.29, 1.82) is 0 Å². The minimum Gasteiger partial charge on any atom is -0.481 e. The van der Waals surface area contributed by atoms with Crippen molar-refractivity contribution in [2.75, 3.05) is 6.54 Å². The maximum Gasteiger partial charge on any atom is 0.303 e. The van der Waals surface area contributed by atoms with Gasteiger partial charge in [0.25, 0.3) is 5.91 Å². The van der Waals surface area contributed by atoms with Crippen LogP contribution in [0.1, 0.15) is 45.8 Å². The molecule has 1 aromatic heterocycles. The molecule has 1 aromatic rings. The lowest BCUT2D eigenvalue weighted by molar-refractivity contribution is -0.137. The first-order valence-corrected chi connectivity index (χ1v) is 6.89. The first kappa shape index (κ1) is 14.7. The molecule has 0 saturated heterocycles. The number of nitrogens with one attached hydrogen (secondary N) is 1. The van der Waals surface area contributed by atoms with Crippen molar-refractivity contribution in [3.05, 3.63) is 21.4 Å². The highest BCUT2D eigenvalue weighted by Crippen LogP contribution is 2.20. The van der Waals surface area contributed by atoms with Crippen LogP contribution in [0.4, 0.5) is 0 Å². The van der Waals surface area contributed by atoms with Crippen molar-refractivity contribution in [3.8, 4) is 0 Å². The number of aliphatic carboxylic acids is 1. The monoisotopic (exact) mass is 269 g/mol. The molecular formula is C13H19NO3S. The van der Waals surface area contributed by atoms with Crippen LogP contribution in [-0.2, 0) is 4.79 Å². The van der Waals surface area contributed by atoms with E-state index < -0.39 is 5.97 Å². The number of unbranched alkanes of at least 4 members (excludes halogenated alkanes) is 2. The molecule has 0 spiro atoms. The van der Waals surface area contributed by atoms with Crippen LogP contribution >= 0.6 is 11.3 Å². The third-order valence-corrected chi connectivity index (χ3v) is 3.89. The van der Waals surface area contributed by atoms with Crippen molar-refractivity contribution in [2.45, 2.75) is 39.5 Å². The Bertz CT molecular complexity index is 406. The number of amides is 1. The highest BCUT2D eigenvalue weighted by molar-refractivity contribution is 7.14. The summed E-state index contributed by atoms with van der Waals surface area (Å²) in [5.74, 6) is -0.794. The van der Waals surface area contributed by atoms with E-state index in [1.165, 1.54) is 16.2 Å². The fourth-order valence-electron chi connectivity index (χ4n) is 1.55. The predicted octanol–water partition coefficient (Wildman–Crippen LogP) is 2.74. The molecular weight excluding hydrogens is 250 g/mol. The Morgan fingerprint density at radius 1 is 1.28 bits per heavy atom. The molecule has 18 heavy (non-hydrogen) atoms. The van der Waals surface area contributed by atoms with E-state index in [1.54, 1.807) is 0 Å². The summed E-state index contributed by atoms with van der Waals surface area (Å²) in [6, 6.07) is 1.90. The molecule has 1 heterocycles. The second kappa shape index (κ2) is 7.16. The average molecular weight is 269 g/mol. The van der Waals surface area contributed by atoms with E-state index in [2.05, 4.69) is 5.32 Å². The molecule has 0 aliphatic carbocycles. The Morgan fingerprint density at radius 3 is 2.56 bits per heavy atom. The van der Waals surface area contributed by atoms with Crippen LogP contribution in [0.15, 0.2) is 6.07 Å². The van der Waals surface area contributed by atoms with Gasteiger partial charge in [-0.1, -0.05) is 6.42 Å². The molecule has 5 heteroatoms. The number of rotatable bonds is 7. The van der Waals surface area contributed by atoms with Crippen molar-refractivity contribution in [2.24, 2.45) is 0 Å². The summed E-state index contributed by atoms with van der Waals surface area (Å²) in [6.07, 6.45) is 2.52. The summed E-state index contributed by atoms with van der Waals surface area (Å²) in [4.78, 5) is 24.0. The minimum atomic E-state index is -0.761. The number of hydrogen-bond acceptors (Lipinski definition) is 3. The fraction of sp³-hybridized carbons (Fsp3) is 0.538. The van der Waals surface area contributed by atoms with Crippen LogP contribution in [0.25, 0.3) is 0 Å². The number of carboxylic acid groups (broad SMARTS) is 1. The summed E-state index contributed by atoms with van der Waals surface area (Å²) in [5, 5.41) is 11.3. The topological polar surface area (TPSA) is 66.4 Å². The summed E-state index contributed by atoms with van der Waals surface area (Å²) in [5.41, 5.74) is 1.15. The molecule has 100 valence electrons. The van der Waals surface area contributed by atoms with Gasteiger partial charge >= 0.3 is 5.97 Å². The predicted molar refractivity (Wildman–Crippen MR) is 72.2 cm³/mol. The van der Waals surface area contributed by atoms with E-state index in [-0.39, 0.29) is 12.3 Å². The molecule has 0 radical (unpaired) electrons.